The molecule has 9 rings (SSSR count). The molecule has 2 aliphatic heterocycles. The van der Waals surface area contributed by atoms with Gasteiger partial charge < -0.3 is 31.2 Å². The maximum Gasteiger partial charge on any atom is 0.229 e. The Labute approximate surface area is 455 Å². The summed E-state index contributed by atoms with van der Waals surface area (Å²) in [6.45, 7) is 22.2. The maximum atomic E-state index is 13.9. The van der Waals surface area contributed by atoms with Crippen LogP contribution in [0, 0.1) is 21.7 Å². The number of anilines is 4. The average Bonchev–Trinajstić information content (AvgIpc) is 4.25. The fourth-order valence-electron chi connectivity index (χ4n) is 9.02. The predicted octanol–water partition coefficient (Wildman–Crippen LogP) is 15.1. The van der Waals surface area contributed by atoms with Crippen LogP contribution in [0.5, 0.6) is 0 Å². The number of rotatable bonds is 9. The lowest BCUT2D eigenvalue weighted by molar-refractivity contribution is -0.123. The van der Waals surface area contributed by atoms with E-state index in [1.54, 1.807) is 6.07 Å². The summed E-state index contributed by atoms with van der Waals surface area (Å²) >= 11 is 0. The first-order valence-corrected chi connectivity index (χ1v) is 26.1. The van der Waals surface area contributed by atoms with Crippen molar-refractivity contribution < 1.29 is 24.0 Å². The SMILES string of the molecule is CC(C)(C)C(=O)Nc1ccccc1-c1c2nc(c(-c3ccccc3NC(=O)C(C)(C)C)c3cc(C=O)c([nH]3)c(-c3ccccc3NC(=O)C(C)(C)C)c3nc(c(-c4ccccc4NC(=O)C(C)(C)C)c4ccc1[nH]4)C=C3)C=C2. The third-order valence-corrected chi connectivity index (χ3v) is 13.5. The average molecular weight is 1040 g/mol. The standard InChI is InChI=1S/C65H66N8O5/c1-62(2,3)58(75)70-42-25-17-13-21-38(42)53-46-29-30-47(66-46)54(39-22-14-18-26-43(39)71-59(76)63(4,5)6)49-33-34-51(68-49)56(41-24-16-20-28-45(41)73-61(78)65(10,11)12)57-37(36-74)35-52(69-57)55(50-32-31-48(53)67-50)40-23-15-19-27-44(40)72-60(77)64(7,8)9/h13-36,66,69H,1-12H3,(H,70,75)(H,71,76)(H,72,77)(H,73,78). The van der Waals surface area contributed by atoms with Crippen molar-refractivity contribution in [3.63, 3.8) is 0 Å². The molecule has 8 bridgehead atoms. The number of amides is 4. The lowest BCUT2D eigenvalue weighted by Gasteiger charge is -2.20. The van der Waals surface area contributed by atoms with Gasteiger partial charge in [0, 0.05) is 111 Å². The first-order chi connectivity index (χ1) is 36.8. The van der Waals surface area contributed by atoms with Crippen molar-refractivity contribution in [3.8, 4) is 44.5 Å². The van der Waals surface area contributed by atoms with Gasteiger partial charge in [0.05, 0.1) is 28.3 Å². The van der Waals surface area contributed by atoms with E-state index >= 15 is 0 Å². The number of hydrogen-bond acceptors (Lipinski definition) is 7. The van der Waals surface area contributed by atoms with Crippen molar-refractivity contribution in [2.45, 2.75) is 83.1 Å². The Morgan fingerprint density at radius 1 is 0.385 bits per heavy atom. The number of fused-ring (bicyclic) bond motifs is 8. The number of aromatic nitrogens is 4. The van der Waals surface area contributed by atoms with Crippen molar-refractivity contribution in [2.24, 2.45) is 21.7 Å². The van der Waals surface area contributed by atoms with Gasteiger partial charge in [-0.25, -0.2) is 9.97 Å². The molecule has 78 heavy (non-hydrogen) atoms. The van der Waals surface area contributed by atoms with Crippen LogP contribution in [0.15, 0.2) is 115 Å². The van der Waals surface area contributed by atoms with E-state index in [0.717, 1.165) is 6.29 Å². The molecule has 396 valence electrons. The number of H-pyrrole nitrogens is 2. The Balaban J connectivity index is 1.50. The highest BCUT2D eigenvalue weighted by atomic mass is 16.2. The van der Waals surface area contributed by atoms with Gasteiger partial charge in [0.15, 0.2) is 6.29 Å². The molecule has 2 aliphatic rings. The van der Waals surface area contributed by atoms with E-state index < -0.39 is 21.7 Å². The van der Waals surface area contributed by atoms with Crippen LogP contribution in [0.1, 0.15) is 116 Å². The minimum Gasteiger partial charge on any atom is -0.354 e. The zero-order chi connectivity index (χ0) is 56.1. The summed E-state index contributed by atoms with van der Waals surface area (Å²) < 4.78 is 0. The Bertz CT molecular complexity index is 3840. The first kappa shape index (κ1) is 53.8. The Hall–Kier alpha value is -8.97. The highest BCUT2D eigenvalue weighted by Crippen LogP contribution is 2.44. The van der Waals surface area contributed by atoms with E-state index in [0.29, 0.717) is 112 Å². The van der Waals surface area contributed by atoms with Crippen molar-refractivity contribution in [1.82, 2.24) is 19.9 Å². The molecule has 0 saturated heterocycles. The van der Waals surface area contributed by atoms with Crippen molar-refractivity contribution >= 4 is 99.0 Å². The summed E-state index contributed by atoms with van der Waals surface area (Å²) in [6.07, 6.45) is 8.41. The molecule has 7 aromatic rings. The quantitative estimate of drug-likeness (QED) is 0.0775. The molecule has 0 atom stereocenters. The number of carbonyl (C=O) groups is 5. The van der Waals surface area contributed by atoms with Crippen LogP contribution in [0.3, 0.4) is 0 Å². The molecule has 6 N–H and O–H groups in total. The topological polar surface area (TPSA) is 191 Å². The smallest absolute Gasteiger partial charge is 0.229 e. The maximum absolute atomic E-state index is 13.9. The second kappa shape index (κ2) is 20.5. The summed E-state index contributed by atoms with van der Waals surface area (Å²) in [7, 11) is 0. The minimum atomic E-state index is -0.753. The molecule has 0 radical (unpaired) electrons. The van der Waals surface area contributed by atoms with Crippen molar-refractivity contribution in [3.05, 3.63) is 144 Å². The van der Waals surface area contributed by atoms with Gasteiger partial charge in [0.25, 0.3) is 0 Å². The highest BCUT2D eigenvalue weighted by molar-refractivity contribution is 6.10. The number of para-hydroxylation sites is 4. The minimum absolute atomic E-state index is 0.178. The lowest BCUT2D eigenvalue weighted by atomic mass is 9.94. The number of aldehydes is 1. The van der Waals surface area contributed by atoms with Crippen LogP contribution in [-0.4, -0.2) is 49.9 Å². The van der Waals surface area contributed by atoms with Crippen LogP contribution >= 0.6 is 0 Å². The van der Waals surface area contributed by atoms with Gasteiger partial charge in [-0.15, -0.1) is 0 Å². The molecule has 5 heterocycles. The van der Waals surface area contributed by atoms with Gasteiger partial charge in [-0.3, -0.25) is 24.0 Å². The molecule has 3 aromatic heterocycles. The van der Waals surface area contributed by atoms with Gasteiger partial charge in [0.2, 0.25) is 23.6 Å². The second-order valence-corrected chi connectivity index (χ2v) is 23.8. The summed E-state index contributed by atoms with van der Waals surface area (Å²) in [6, 6.07) is 35.8. The normalized spacial score (nSPS) is 12.5. The Morgan fingerprint density at radius 2 is 0.667 bits per heavy atom. The molecule has 0 aliphatic carbocycles. The molecule has 4 aromatic carbocycles. The predicted molar refractivity (Wildman–Crippen MR) is 318 cm³/mol. The highest BCUT2D eigenvalue weighted by Gasteiger charge is 2.29. The van der Waals surface area contributed by atoms with Gasteiger partial charge in [0.1, 0.15) is 0 Å². The van der Waals surface area contributed by atoms with Crippen LogP contribution < -0.4 is 21.3 Å². The van der Waals surface area contributed by atoms with Gasteiger partial charge in [-0.1, -0.05) is 156 Å². The first-order valence-electron chi connectivity index (χ1n) is 26.1. The third kappa shape index (κ3) is 10.9. The molecule has 0 spiro atoms. The summed E-state index contributed by atoms with van der Waals surface area (Å²) in [4.78, 5) is 87.5. The second-order valence-electron chi connectivity index (χ2n) is 23.8. The van der Waals surface area contributed by atoms with E-state index in [1.807, 2.05) is 217 Å². The molecular formula is C65H66N8O5. The van der Waals surface area contributed by atoms with Gasteiger partial charge >= 0.3 is 0 Å². The van der Waals surface area contributed by atoms with Gasteiger partial charge in [-0.05, 0) is 66.8 Å². The third-order valence-electron chi connectivity index (χ3n) is 13.5. The number of nitrogens with zero attached hydrogens (tertiary/aromatic N) is 2. The molecule has 0 unspecified atom stereocenters. The summed E-state index contributed by atoms with van der Waals surface area (Å²) in [5, 5.41) is 12.7. The zero-order valence-corrected chi connectivity index (χ0v) is 46.3. The molecule has 4 amide bonds. The van der Waals surface area contributed by atoms with Crippen molar-refractivity contribution in [2.75, 3.05) is 21.3 Å². The van der Waals surface area contributed by atoms with E-state index in [-0.39, 0.29) is 29.2 Å². The monoisotopic (exact) mass is 1040 g/mol. The van der Waals surface area contributed by atoms with Crippen LogP contribution in [-0.2, 0) is 19.2 Å². The van der Waals surface area contributed by atoms with Crippen molar-refractivity contribution in [1.29, 1.82) is 0 Å². The molecule has 13 nitrogen and oxygen atoms in total. The van der Waals surface area contributed by atoms with E-state index in [4.69, 9.17) is 9.97 Å². The van der Waals surface area contributed by atoms with E-state index in [9.17, 15) is 24.0 Å². The zero-order valence-electron chi connectivity index (χ0n) is 46.3. The Morgan fingerprint density at radius 3 is 0.974 bits per heavy atom. The molecule has 0 saturated carbocycles. The fraction of sp³-hybridized carbons (Fsp3) is 0.246. The van der Waals surface area contributed by atoms with E-state index in [1.165, 1.54) is 0 Å². The fourth-order valence-corrected chi connectivity index (χ4v) is 9.02. The van der Waals surface area contributed by atoms with Crippen LogP contribution in [0.25, 0.3) is 90.9 Å². The van der Waals surface area contributed by atoms with Crippen LogP contribution in [0.2, 0.25) is 0 Å². The number of benzene rings is 4. The van der Waals surface area contributed by atoms with E-state index in [2.05, 4.69) is 31.2 Å². The molecule has 13 heteroatoms. The van der Waals surface area contributed by atoms with Gasteiger partial charge in [-0.2, -0.15) is 0 Å². The largest absolute Gasteiger partial charge is 0.354 e. The number of carbonyl (C=O) groups excluding carboxylic acids is 5. The summed E-state index contributed by atoms with van der Waals surface area (Å²) in [5.41, 5.74) is 8.70. The molecular weight excluding hydrogens is 973 g/mol. The summed E-state index contributed by atoms with van der Waals surface area (Å²) in [5.74, 6) is -0.778. The van der Waals surface area contributed by atoms with Crippen LogP contribution in [0.4, 0.5) is 22.7 Å². The number of aromatic amines is 2. The lowest BCUT2D eigenvalue weighted by Crippen LogP contribution is -2.27. The number of hydrogen-bond donors (Lipinski definition) is 6. The number of nitrogens with one attached hydrogen (secondary N) is 6. The Kier molecular flexibility index (Phi) is 14.2. The molecule has 0 fully saturated rings.